The lowest BCUT2D eigenvalue weighted by molar-refractivity contribution is -0.163. The Balaban J connectivity index is 2.28. The predicted molar refractivity (Wildman–Crippen MR) is 79.7 cm³/mol. The summed E-state index contributed by atoms with van der Waals surface area (Å²) in [5.41, 5.74) is 5.26. The summed E-state index contributed by atoms with van der Waals surface area (Å²) in [6.45, 7) is 8.60. The Kier molecular flexibility index (Phi) is 6.61. The van der Waals surface area contributed by atoms with Crippen molar-refractivity contribution in [3.8, 4) is 0 Å². The first-order valence-corrected chi connectivity index (χ1v) is 7.60. The number of carbonyl (C=O) groups is 2. The smallest absolute Gasteiger partial charge is 0.332 e. The topological polar surface area (TPSA) is 81.9 Å². The molecule has 1 rings (SSSR count). The maximum atomic E-state index is 11.9. The van der Waals surface area contributed by atoms with Crippen LogP contribution in [0.4, 0.5) is 0 Å². The number of amides is 1. The number of hydrogen-bond acceptors (Lipinski definition) is 5. The van der Waals surface area contributed by atoms with Gasteiger partial charge in [0.05, 0.1) is 12.1 Å². The molecule has 0 aromatic rings. The summed E-state index contributed by atoms with van der Waals surface area (Å²) in [4.78, 5) is 25.3. The van der Waals surface area contributed by atoms with E-state index < -0.39 is 11.6 Å². The molecular formula is C15H28N2O4. The maximum Gasteiger partial charge on any atom is 0.332 e. The highest BCUT2D eigenvalue weighted by Gasteiger charge is 2.26. The third-order valence-electron chi connectivity index (χ3n) is 3.37. The average Bonchev–Trinajstić information content (AvgIpc) is 2.42. The van der Waals surface area contributed by atoms with Crippen molar-refractivity contribution in [3.63, 3.8) is 0 Å². The molecule has 0 aromatic heterocycles. The summed E-state index contributed by atoms with van der Waals surface area (Å²) in [6, 6.07) is -0.413. The zero-order valence-electron chi connectivity index (χ0n) is 13.6. The van der Waals surface area contributed by atoms with Crippen LogP contribution in [-0.2, 0) is 19.1 Å². The van der Waals surface area contributed by atoms with Crippen molar-refractivity contribution < 1.29 is 19.1 Å². The van der Waals surface area contributed by atoms with E-state index in [-0.39, 0.29) is 24.6 Å². The second-order valence-corrected chi connectivity index (χ2v) is 6.44. The molecule has 0 spiro atoms. The largest absolute Gasteiger partial charge is 0.458 e. The van der Waals surface area contributed by atoms with E-state index in [1.54, 1.807) is 4.90 Å². The van der Waals surface area contributed by atoms with Crippen LogP contribution in [0, 0.1) is 0 Å². The average molecular weight is 300 g/mol. The van der Waals surface area contributed by atoms with Crippen LogP contribution in [-0.4, -0.2) is 54.2 Å². The number of piperidine rings is 1. The van der Waals surface area contributed by atoms with E-state index in [1.165, 1.54) is 0 Å². The third-order valence-corrected chi connectivity index (χ3v) is 3.37. The molecule has 1 aliphatic heterocycles. The number of nitrogens with two attached hydrogens (primary N) is 1. The number of nitrogens with zero attached hydrogens (tertiary/aromatic N) is 1. The molecule has 1 saturated heterocycles. The van der Waals surface area contributed by atoms with E-state index in [2.05, 4.69) is 0 Å². The second-order valence-electron chi connectivity index (χ2n) is 6.44. The van der Waals surface area contributed by atoms with E-state index in [4.69, 9.17) is 15.2 Å². The lowest BCUT2D eigenvalue weighted by atomic mass is 10.1. The zero-order chi connectivity index (χ0) is 16.0. The summed E-state index contributed by atoms with van der Waals surface area (Å²) in [6.07, 6.45) is 2.10. The van der Waals surface area contributed by atoms with Gasteiger partial charge < -0.3 is 20.1 Å². The third kappa shape index (κ3) is 6.44. The van der Waals surface area contributed by atoms with Crippen molar-refractivity contribution in [2.75, 3.05) is 19.7 Å². The van der Waals surface area contributed by atoms with E-state index in [9.17, 15) is 9.59 Å². The molecule has 1 amide bonds. The van der Waals surface area contributed by atoms with Crippen LogP contribution in [0.3, 0.4) is 0 Å². The van der Waals surface area contributed by atoms with Crippen LogP contribution >= 0.6 is 0 Å². The van der Waals surface area contributed by atoms with Crippen molar-refractivity contribution in [1.29, 1.82) is 0 Å². The van der Waals surface area contributed by atoms with Gasteiger partial charge in [-0.1, -0.05) is 6.92 Å². The summed E-state index contributed by atoms with van der Waals surface area (Å²) in [7, 11) is 0. The highest BCUT2D eigenvalue weighted by Crippen LogP contribution is 2.15. The minimum absolute atomic E-state index is 0.000538. The molecule has 0 aromatic carbocycles. The number of esters is 1. The first kappa shape index (κ1) is 17.9. The number of likely N-dealkylation sites (tertiary alicyclic amines) is 1. The fraction of sp³-hybridized carbons (Fsp3) is 0.867. The fourth-order valence-electron chi connectivity index (χ4n) is 2.21. The normalized spacial score (nSPS) is 18.4. The maximum absolute atomic E-state index is 11.9. The van der Waals surface area contributed by atoms with Gasteiger partial charge in [-0.05, 0) is 40.0 Å². The minimum Gasteiger partial charge on any atom is -0.458 e. The van der Waals surface area contributed by atoms with Gasteiger partial charge in [0, 0.05) is 13.1 Å². The van der Waals surface area contributed by atoms with Crippen LogP contribution in [0.1, 0.15) is 47.0 Å². The van der Waals surface area contributed by atoms with Crippen LogP contribution in [0.5, 0.6) is 0 Å². The summed E-state index contributed by atoms with van der Waals surface area (Å²) in [5.74, 6) is -0.350. The fourth-order valence-corrected chi connectivity index (χ4v) is 2.21. The molecule has 0 saturated carbocycles. The van der Waals surface area contributed by atoms with Crippen LogP contribution in [0.2, 0.25) is 0 Å². The lowest BCUT2D eigenvalue weighted by Gasteiger charge is -2.33. The predicted octanol–water partition coefficient (Wildman–Crippen LogP) is 1.07. The Morgan fingerprint density at radius 2 is 1.86 bits per heavy atom. The van der Waals surface area contributed by atoms with Gasteiger partial charge in [-0.25, -0.2) is 4.79 Å². The number of hydrogen-bond donors (Lipinski definition) is 1. The Labute approximate surface area is 126 Å². The van der Waals surface area contributed by atoms with Gasteiger partial charge in [-0.2, -0.15) is 0 Å². The van der Waals surface area contributed by atoms with Crippen molar-refractivity contribution >= 4 is 11.9 Å². The molecule has 2 N–H and O–H groups in total. The summed E-state index contributed by atoms with van der Waals surface area (Å²) < 4.78 is 10.8. The molecule has 0 unspecified atom stereocenters. The van der Waals surface area contributed by atoms with Gasteiger partial charge in [0.2, 0.25) is 5.91 Å². The monoisotopic (exact) mass is 300 g/mol. The van der Waals surface area contributed by atoms with Gasteiger partial charge >= 0.3 is 5.97 Å². The Morgan fingerprint density at radius 1 is 1.29 bits per heavy atom. The van der Waals surface area contributed by atoms with Gasteiger partial charge in [0.1, 0.15) is 12.2 Å². The summed E-state index contributed by atoms with van der Waals surface area (Å²) >= 11 is 0. The van der Waals surface area contributed by atoms with Crippen molar-refractivity contribution in [1.82, 2.24) is 4.90 Å². The van der Waals surface area contributed by atoms with Gasteiger partial charge in [-0.3, -0.25) is 4.79 Å². The molecule has 6 heteroatoms. The Bertz CT molecular complexity index is 357. The molecule has 1 aliphatic rings. The summed E-state index contributed by atoms with van der Waals surface area (Å²) in [5, 5.41) is 0. The number of rotatable bonds is 5. The molecule has 1 atom stereocenters. The Hall–Kier alpha value is -1.14. The number of carbonyl (C=O) groups excluding carboxylic acids is 2. The van der Waals surface area contributed by atoms with Crippen molar-refractivity contribution in [2.45, 2.75) is 64.7 Å². The molecule has 122 valence electrons. The Morgan fingerprint density at radius 3 is 2.33 bits per heavy atom. The van der Waals surface area contributed by atoms with E-state index in [1.807, 2.05) is 27.7 Å². The highest BCUT2D eigenvalue weighted by molar-refractivity contribution is 5.81. The van der Waals surface area contributed by atoms with Crippen LogP contribution in [0.25, 0.3) is 0 Å². The molecule has 21 heavy (non-hydrogen) atoms. The lowest BCUT2D eigenvalue weighted by Crippen LogP contribution is -2.48. The number of ether oxygens (including phenoxy) is 2. The van der Waals surface area contributed by atoms with Gasteiger partial charge in [-0.15, -0.1) is 0 Å². The second kappa shape index (κ2) is 7.75. The van der Waals surface area contributed by atoms with E-state index >= 15 is 0 Å². The SMILES string of the molecule is CC[C@H](N)C(=O)N1CCC(OCC(=O)OC(C)(C)C)CC1. The standard InChI is InChI=1S/C15H28N2O4/c1-5-12(16)14(19)17-8-6-11(7-9-17)20-10-13(18)21-15(2,3)4/h11-12H,5-10,16H2,1-4H3/t12-/m0/s1. The van der Waals surface area contributed by atoms with Crippen molar-refractivity contribution in [3.05, 3.63) is 0 Å². The van der Waals surface area contributed by atoms with Crippen LogP contribution in [0.15, 0.2) is 0 Å². The zero-order valence-corrected chi connectivity index (χ0v) is 13.6. The molecule has 1 heterocycles. The molecule has 6 nitrogen and oxygen atoms in total. The van der Waals surface area contributed by atoms with Crippen LogP contribution < -0.4 is 5.73 Å². The first-order valence-electron chi connectivity index (χ1n) is 7.60. The van der Waals surface area contributed by atoms with E-state index in [0.29, 0.717) is 19.5 Å². The quantitative estimate of drug-likeness (QED) is 0.768. The minimum atomic E-state index is -0.494. The molecule has 0 bridgehead atoms. The van der Waals surface area contributed by atoms with Gasteiger partial charge in [0.25, 0.3) is 0 Å². The van der Waals surface area contributed by atoms with Crippen molar-refractivity contribution in [2.24, 2.45) is 5.73 Å². The molecule has 1 fully saturated rings. The van der Waals surface area contributed by atoms with E-state index in [0.717, 1.165) is 12.8 Å². The van der Waals surface area contributed by atoms with Gasteiger partial charge in [0.15, 0.2) is 0 Å². The molecule has 0 radical (unpaired) electrons. The molecule has 0 aliphatic carbocycles. The molecular weight excluding hydrogens is 272 g/mol. The highest BCUT2D eigenvalue weighted by atomic mass is 16.6. The first-order chi connectivity index (χ1) is 9.73.